The van der Waals surface area contributed by atoms with Crippen molar-refractivity contribution < 1.29 is 9.59 Å². The Morgan fingerprint density at radius 2 is 1.47 bits per heavy atom. The lowest BCUT2D eigenvalue weighted by molar-refractivity contribution is 0.0988. The molecule has 0 amide bonds. The van der Waals surface area contributed by atoms with Crippen LogP contribution in [-0.2, 0) is 6.54 Å². The van der Waals surface area contributed by atoms with Crippen molar-refractivity contribution in [3.05, 3.63) is 112 Å². The predicted molar refractivity (Wildman–Crippen MR) is 151 cm³/mol. The molecule has 0 bridgehead atoms. The number of ketones is 2. The molecule has 0 saturated heterocycles. The van der Waals surface area contributed by atoms with E-state index in [-0.39, 0.29) is 11.6 Å². The molecule has 4 aromatic carbocycles. The summed E-state index contributed by atoms with van der Waals surface area (Å²) in [5.74, 6) is 0.825. The normalized spacial score (nSPS) is 11.3. The Labute approximate surface area is 220 Å². The third-order valence-corrected chi connectivity index (χ3v) is 7.83. The third kappa shape index (κ3) is 4.71. The van der Waals surface area contributed by atoms with Gasteiger partial charge in [0.25, 0.3) is 0 Å². The van der Waals surface area contributed by atoms with Crippen LogP contribution in [0.1, 0.15) is 45.2 Å². The van der Waals surface area contributed by atoms with Crippen molar-refractivity contribution in [3.63, 3.8) is 0 Å². The highest BCUT2D eigenvalue weighted by Crippen LogP contribution is 2.32. The summed E-state index contributed by atoms with van der Waals surface area (Å²) in [6, 6.07) is 27.2. The first-order valence-corrected chi connectivity index (χ1v) is 13.4. The maximum absolute atomic E-state index is 13.3. The van der Waals surface area contributed by atoms with E-state index in [4.69, 9.17) is 11.6 Å². The number of carbonyl (C=O) groups excluding carboxylic acids is 2. The zero-order valence-corrected chi connectivity index (χ0v) is 21.8. The molecule has 0 N–H and O–H groups in total. The Balaban J connectivity index is 1.46. The van der Waals surface area contributed by atoms with E-state index in [1.54, 1.807) is 11.8 Å². The fraction of sp³-hybridized carbons (Fsp3) is 0.161. The van der Waals surface area contributed by atoms with Gasteiger partial charge in [0, 0.05) is 67.1 Å². The van der Waals surface area contributed by atoms with Crippen molar-refractivity contribution >= 4 is 56.7 Å². The van der Waals surface area contributed by atoms with Crippen molar-refractivity contribution in [2.75, 3.05) is 5.75 Å². The van der Waals surface area contributed by atoms with Crippen molar-refractivity contribution in [1.29, 1.82) is 0 Å². The lowest BCUT2D eigenvalue weighted by atomic mass is 9.97. The van der Waals surface area contributed by atoms with Gasteiger partial charge in [-0.1, -0.05) is 35.9 Å². The first kappa shape index (κ1) is 24.4. The molecule has 0 saturated carbocycles. The molecule has 3 nitrogen and oxygen atoms in total. The van der Waals surface area contributed by atoms with Gasteiger partial charge in [0.1, 0.15) is 0 Å². The molecule has 0 atom stereocenters. The molecule has 0 radical (unpaired) electrons. The van der Waals surface area contributed by atoms with E-state index in [1.165, 1.54) is 0 Å². The van der Waals surface area contributed by atoms with Crippen LogP contribution in [0.25, 0.3) is 21.8 Å². The van der Waals surface area contributed by atoms with E-state index in [0.717, 1.165) is 38.8 Å². The van der Waals surface area contributed by atoms with Gasteiger partial charge in [-0.05, 0) is 80.1 Å². The Bertz CT molecular complexity index is 1600. The number of halogens is 1. The third-order valence-electron chi connectivity index (χ3n) is 6.57. The Hall–Kier alpha value is -3.34. The van der Waals surface area contributed by atoms with Crippen LogP contribution in [0.15, 0.2) is 89.8 Å². The molecule has 0 aliphatic carbocycles. The number of thioether (sulfide) groups is 1. The molecule has 5 rings (SSSR count). The average Bonchev–Trinajstić information content (AvgIpc) is 3.21. The Morgan fingerprint density at radius 1 is 0.833 bits per heavy atom. The molecule has 1 aromatic heterocycles. The molecule has 0 spiro atoms. The number of nitrogens with zero attached hydrogens (tertiary/aromatic N) is 1. The van der Waals surface area contributed by atoms with Gasteiger partial charge >= 0.3 is 0 Å². The number of benzene rings is 4. The monoisotopic (exact) mass is 511 g/mol. The number of Topliss-reactive ketones (excluding diaryl/α,β-unsaturated/α-hetero) is 1. The summed E-state index contributed by atoms with van der Waals surface area (Å²) >= 11 is 7.61. The summed E-state index contributed by atoms with van der Waals surface area (Å²) < 4.78 is 2.23. The summed E-state index contributed by atoms with van der Waals surface area (Å²) in [7, 11) is 0. The van der Waals surface area contributed by atoms with Crippen molar-refractivity contribution in [1.82, 2.24) is 4.57 Å². The van der Waals surface area contributed by atoms with Crippen LogP contribution in [0, 0.1) is 6.92 Å². The summed E-state index contributed by atoms with van der Waals surface area (Å²) in [5, 5.41) is 2.71. The van der Waals surface area contributed by atoms with Gasteiger partial charge in [-0.15, -0.1) is 11.8 Å². The highest BCUT2D eigenvalue weighted by Gasteiger charge is 2.17. The number of aryl methyl sites for hydroxylation is 2. The maximum Gasteiger partial charge on any atom is 0.193 e. The van der Waals surface area contributed by atoms with Crippen LogP contribution in [0.5, 0.6) is 0 Å². The molecule has 1 heterocycles. The zero-order chi connectivity index (χ0) is 25.2. The number of aromatic nitrogens is 1. The highest BCUT2D eigenvalue weighted by atomic mass is 35.5. The van der Waals surface area contributed by atoms with Gasteiger partial charge < -0.3 is 4.57 Å². The molecule has 0 aliphatic rings. The van der Waals surface area contributed by atoms with Gasteiger partial charge in [-0.2, -0.15) is 0 Å². The Morgan fingerprint density at radius 3 is 2.14 bits per heavy atom. The molecule has 36 heavy (non-hydrogen) atoms. The summed E-state index contributed by atoms with van der Waals surface area (Å²) in [6.45, 7) is 4.87. The second-order valence-electron chi connectivity index (χ2n) is 8.83. The molecule has 5 aromatic rings. The van der Waals surface area contributed by atoms with Crippen LogP contribution >= 0.6 is 23.4 Å². The minimum absolute atomic E-state index is 0.0128. The molecule has 0 fully saturated rings. The highest BCUT2D eigenvalue weighted by molar-refractivity contribution is 7.99. The fourth-order valence-electron chi connectivity index (χ4n) is 4.68. The number of rotatable bonds is 8. The van der Waals surface area contributed by atoms with Crippen LogP contribution < -0.4 is 0 Å². The minimum Gasteiger partial charge on any atom is -0.341 e. The maximum atomic E-state index is 13.3. The van der Waals surface area contributed by atoms with Crippen LogP contribution in [-0.4, -0.2) is 21.9 Å². The SMILES string of the molecule is CCn1c2ccc(C(=O)CCSc3ccc(Cl)cc3)cc2c2cc(C(=O)c3ccccc3C)ccc21. The van der Waals surface area contributed by atoms with E-state index >= 15 is 0 Å². The standard InChI is InChI=1S/C31H26ClNO2S/c1-3-33-28-14-8-21(30(34)16-17-36-24-12-10-23(32)11-13-24)18-26(28)27-19-22(9-15-29(27)33)31(35)25-7-5-4-6-20(25)2/h4-15,18-19H,3,16-17H2,1-2H3. The number of fused-ring (bicyclic) bond motifs is 3. The van der Waals surface area contributed by atoms with Crippen molar-refractivity contribution in [3.8, 4) is 0 Å². The van der Waals surface area contributed by atoms with E-state index in [0.29, 0.717) is 33.9 Å². The van der Waals surface area contributed by atoms with E-state index < -0.39 is 0 Å². The van der Waals surface area contributed by atoms with Gasteiger partial charge in [0.15, 0.2) is 11.6 Å². The molecule has 0 unspecified atom stereocenters. The van der Waals surface area contributed by atoms with Crippen molar-refractivity contribution in [2.24, 2.45) is 0 Å². The van der Waals surface area contributed by atoms with Crippen LogP contribution in [0.3, 0.4) is 0 Å². The molecule has 5 heteroatoms. The molecular formula is C31H26ClNO2S. The quantitative estimate of drug-likeness (QED) is 0.155. The zero-order valence-electron chi connectivity index (χ0n) is 20.3. The smallest absolute Gasteiger partial charge is 0.193 e. The summed E-state index contributed by atoms with van der Waals surface area (Å²) in [5.41, 5.74) is 5.16. The van der Waals surface area contributed by atoms with Crippen LogP contribution in [0.4, 0.5) is 0 Å². The molecular weight excluding hydrogens is 486 g/mol. The van der Waals surface area contributed by atoms with E-state index in [1.807, 2.05) is 91.9 Å². The number of hydrogen-bond donors (Lipinski definition) is 0. The van der Waals surface area contributed by atoms with Crippen LogP contribution in [0.2, 0.25) is 5.02 Å². The molecule has 0 aliphatic heterocycles. The van der Waals surface area contributed by atoms with Gasteiger partial charge in [-0.25, -0.2) is 0 Å². The van der Waals surface area contributed by atoms with Gasteiger partial charge in [0.2, 0.25) is 0 Å². The Kier molecular flexibility index (Phi) is 6.99. The average molecular weight is 512 g/mol. The first-order chi connectivity index (χ1) is 17.5. The lowest BCUT2D eigenvalue weighted by Crippen LogP contribution is -2.03. The van der Waals surface area contributed by atoms with E-state index in [2.05, 4.69) is 11.5 Å². The first-order valence-electron chi connectivity index (χ1n) is 12.0. The van der Waals surface area contributed by atoms with Gasteiger partial charge in [-0.3, -0.25) is 9.59 Å². The number of hydrogen-bond acceptors (Lipinski definition) is 3. The number of carbonyl (C=O) groups is 2. The summed E-state index contributed by atoms with van der Waals surface area (Å²) in [6.07, 6.45) is 0.447. The van der Waals surface area contributed by atoms with E-state index in [9.17, 15) is 9.59 Å². The summed E-state index contributed by atoms with van der Waals surface area (Å²) in [4.78, 5) is 27.4. The van der Waals surface area contributed by atoms with Gasteiger partial charge in [0.05, 0.1) is 0 Å². The predicted octanol–water partition coefficient (Wildman–Crippen LogP) is 8.37. The molecule has 180 valence electrons. The minimum atomic E-state index is 0.0128. The lowest BCUT2D eigenvalue weighted by Gasteiger charge is -2.06. The second-order valence-corrected chi connectivity index (χ2v) is 10.4. The largest absolute Gasteiger partial charge is 0.341 e. The fourth-order valence-corrected chi connectivity index (χ4v) is 5.66. The van der Waals surface area contributed by atoms with Crippen molar-refractivity contribution in [2.45, 2.75) is 31.7 Å². The topological polar surface area (TPSA) is 39.1 Å². The second kappa shape index (κ2) is 10.3.